The molecule has 1 spiro atoms. The van der Waals surface area contributed by atoms with Gasteiger partial charge in [0.15, 0.2) is 11.8 Å². The summed E-state index contributed by atoms with van der Waals surface area (Å²) in [5.41, 5.74) is 0. The fourth-order valence-electron chi connectivity index (χ4n) is 3.55. The van der Waals surface area contributed by atoms with Gasteiger partial charge in [-0.2, -0.15) is 11.8 Å². The Kier molecular flexibility index (Phi) is 7.64. The Morgan fingerprint density at radius 1 is 1.38 bits per heavy atom. The molecule has 1 aliphatic carbocycles. The van der Waals surface area contributed by atoms with Gasteiger partial charge in [0.25, 0.3) is 0 Å². The van der Waals surface area contributed by atoms with Gasteiger partial charge in [-0.25, -0.2) is 4.99 Å². The molecule has 0 bridgehead atoms. The monoisotopic (exact) mass is 464 g/mol. The molecule has 24 heavy (non-hydrogen) atoms. The van der Waals surface area contributed by atoms with Gasteiger partial charge in [-0.05, 0) is 19.8 Å². The predicted octanol–water partition coefficient (Wildman–Crippen LogP) is 2.65. The van der Waals surface area contributed by atoms with E-state index < -0.39 is 0 Å². The number of nitrogens with zero attached hydrogens (tertiary/aromatic N) is 5. The molecule has 1 saturated carbocycles. The molecule has 8 heteroatoms. The molecule has 0 aromatic carbocycles. The van der Waals surface area contributed by atoms with Gasteiger partial charge in [-0.15, -0.1) is 34.2 Å². The van der Waals surface area contributed by atoms with Crippen molar-refractivity contribution in [3.8, 4) is 0 Å². The van der Waals surface area contributed by atoms with Gasteiger partial charge in [-0.1, -0.05) is 19.3 Å². The molecule has 0 amide bonds. The molecule has 2 heterocycles. The molecule has 1 N–H and O–H groups in total. The molecule has 0 unspecified atom stereocenters. The van der Waals surface area contributed by atoms with Crippen LogP contribution in [-0.2, 0) is 13.6 Å². The number of hydrogen-bond acceptors (Lipinski definition) is 4. The summed E-state index contributed by atoms with van der Waals surface area (Å²) in [7, 11) is 1.96. The number of aromatic nitrogens is 3. The van der Waals surface area contributed by atoms with Crippen LogP contribution in [0.4, 0.5) is 0 Å². The largest absolute Gasteiger partial charge is 0.357 e. The van der Waals surface area contributed by atoms with Crippen LogP contribution in [0.3, 0.4) is 0 Å². The van der Waals surface area contributed by atoms with Crippen LogP contribution in [0.25, 0.3) is 0 Å². The second-order valence-electron chi connectivity index (χ2n) is 6.54. The zero-order valence-corrected chi connectivity index (χ0v) is 17.8. The van der Waals surface area contributed by atoms with Gasteiger partial charge in [0.1, 0.15) is 12.9 Å². The van der Waals surface area contributed by atoms with Crippen LogP contribution in [0.5, 0.6) is 0 Å². The van der Waals surface area contributed by atoms with Crippen molar-refractivity contribution < 1.29 is 0 Å². The van der Waals surface area contributed by atoms with E-state index in [-0.39, 0.29) is 24.0 Å². The topological polar surface area (TPSA) is 58.3 Å². The number of aliphatic imine (C=N–C) groups is 1. The first-order chi connectivity index (χ1) is 11.2. The third-order valence-corrected chi connectivity index (χ3v) is 6.36. The predicted molar refractivity (Wildman–Crippen MR) is 111 cm³/mol. The molecule has 2 aliphatic rings. The first kappa shape index (κ1) is 19.8. The molecule has 3 rings (SSSR count). The second-order valence-corrected chi connectivity index (χ2v) is 8.10. The van der Waals surface area contributed by atoms with Crippen LogP contribution in [0.2, 0.25) is 0 Å². The number of halogens is 1. The van der Waals surface area contributed by atoms with Crippen molar-refractivity contribution in [1.82, 2.24) is 25.0 Å². The molecule has 6 nitrogen and oxygen atoms in total. The highest BCUT2D eigenvalue weighted by Gasteiger charge is 2.38. The third kappa shape index (κ3) is 4.77. The third-order valence-electron chi connectivity index (χ3n) is 4.82. The van der Waals surface area contributed by atoms with Crippen LogP contribution < -0.4 is 5.32 Å². The minimum atomic E-state index is 0. The van der Waals surface area contributed by atoms with E-state index in [1.807, 2.05) is 11.6 Å². The zero-order valence-electron chi connectivity index (χ0n) is 14.7. The highest BCUT2D eigenvalue weighted by molar-refractivity contribution is 14.0. The number of nitrogens with one attached hydrogen (secondary N) is 1. The molecular weight excluding hydrogens is 435 g/mol. The molecule has 1 aromatic rings. The average molecular weight is 464 g/mol. The van der Waals surface area contributed by atoms with Crippen molar-refractivity contribution in [1.29, 1.82) is 0 Å². The second kappa shape index (κ2) is 9.26. The van der Waals surface area contributed by atoms with E-state index >= 15 is 0 Å². The van der Waals surface area contributed by atoms with Crippen LogP contribution in [0.1, 0.15) is 44.9 Å². The van der Waals surface area contributed by atoms with Crippen molar-refractivity contribution in [2.45, 2.75) is 50.3 Å². The van der Waals surface area contributed by atoms with Crippen molar-refractivity contribution in [2.75, 3.05) is 25.4 Å². The summed E-state index contributed by atoms with van der Waals surface area (Å²) in [4.78, 5) is 7.28. The zero-order chi connectivity index (χ0) is 16.1. The minimum Gasteiger partial charge on any atom is -0.357 e. The first-order valence-corrected chi connectivity index (χ1v) is 9.71. The maximum absolute atomic E-state index is 4.82. The quantitative estimate of drug-likeness (QED) is 0.424. The Morgan fingerprint density at radius 2 is 2.17 bits per heavy atom. The van der Waals surface area contributed by atoms with Gasteiger partial charge < -0.3 is 14.8 Å². The number of guanidine groups is 1. The summed E-state index contributed by atoms with van der Waals surface area (Å²) >= 11 is 2.19. The van der Waals surface area contributed by atoms with Gasteiger partial charge in [0.05, 0.1) is 0 Å². The lowest BCUT2D eigenvalue weighted by Gasteiger charge is -2.45. The van der Waals surface area contributed by atoms with E-state index in [9.17, 15) is 0 Å². The number of aryl methyl sites for hydroxylation is 1. The van der Waals surface area contributed by atoms with Crippen LogP contribution in [0, 0.1) is 0 Å². The molecule has 1 saturated heterocycles. The number of hydrogen-bond donors (Lipinski definition) is 1. The molecule has 2 fully saturated rings. The van der Waals surface area contributed by atoms with Gasteiger partial charge >= 0.3 is 0 Å². The van der Waals surface area contributed by atoms with E-state index in [2.05, 4.69) is 39.1 Å². The fraction of sp³-hybridized carbons (Fsp3) is 0.812. The number of rotatable bonds is 3. The van der Waals surface area contributed by atoms with Crippen molar-refractivity contribution >= 4 is 41.7 Å². The van der Waals surface area contributed by atoms with E-state index in [0.29, 0.717) is 11.3 Å². The maximum Gasteiger partial charge on any atom is 0.194 e. The van der Waals surface area contributed by atoms with Crippen molar-refractivity contribution in [2.24, 2.45) is 12.0 Å². The van der Waals surface area contributed by atoms with E-state index in [4.69, 9.17) is 4.99 Å². The summed E-state index contributed by atoms with van der Waals surface area (Å²) in [5, 5.41) is 11.5. The first-order valence-electron chi connectivity index (χ1n) is 8.72. The smallest absolute Gasteiger partial charge is 0.194 e. The van der Waals surface area contributed by atoms with E-state index in [1.54, 1.807) is 6.33 Å². The lowest BCUT2D eigenvalue weighted by atomic mass is 9.87. The summed E-state index contributed by atoms with van der Waals surface area (Å²) in [6.45, 7) is 5.82. The van der Waals surface area contributed by atoms with Gasteiger partial charge in [-0.3, -0.25) is 0 Å². The molecular formula is C16H29IN6S. The van der Waals surface area contributed by atoms with Crippen LogP contribution >= 0.6 is 35.7 Å². The highest BCUT2D eigenvalue weighted by Crippen LogP contribution is 2.42. The molecule has 136 valence electrons. The molecule has 0 radical (unpaired) electrons. The van der Waals surface area contributed by atoms with Gasteiger partial charge in [0, 0.05) is 37.2 Å². The Morgan fingerprint density at radius 3 is 2.83 bits per heavy atom. The van der Waals surface area contributed by atoms with Gasteiger partial charge in [0.2, 0.25) is 0 Å². The van der Waals surface area contributed by atoms with Crippen molar-refractivity contribution in [3.63, 3.8) is 0 Å². The lowest BCUT2D eigenvalue weighted by Crippen LogP contribution is -2.53. The molecule has 1 aromatic heterocycles. The summed E-state index contributed by atoms with van der Waals surface area (Å²) in [6.07, 6.45) is 8.61. The summed E-state index contributed by atoms with van der Waals surface area (Å²) in [6, 6.07) is 0. The van der Waals surface area contributed by atoms with E-state index in [0.717, 1.165) is 31.4 Å². The SMILES string of the molecule is CCNC(=NCc1nncn1C)N1CCSC2(CCCCC2)C1.I. The molecule has 0 atom stereocenters. The maximum atomic E-state index is 4.82. The summed E-state index contributed by atoms with van der Waals surface area (Å²) in [5.74, 6) is 3.13. The van der Waals surface area contributed by atoms with Crippen LogP contribution in [-0.4, -0.2) is 55.8 Å². The minimum absolute atomic E-state index is 0. The standard InChI is InChI=1S/C16H28N6S.HI/c1-3-17-15(18-11-14-20-19-13-21(14)2)22-9-10-23-16(12-22)7-5-4-6-8-16;/h13H,3-12H2,1-2H3,(H,17,18);1H. The molecule has 1 aliphatic heterocycles. The Balaban J connectivity index is 0.00000208. The average Bonchev–Trinajstić information content (AvgIpc) is 2.97. The van der Waals surface area contributed by atoms with Crippen LogP contribution in [0.15, 0.2) is 11.3 Å². The van der Waals surface area contributed by atoms with Crippen molar-refractivity contribution in [3.05, 3.63) is 12.2 Å². The Bertz CT molecular complexity index is 535. The fourth-order valence-corrected chi connectivity index (χ4v) is 5.12. The normalized spacial score (nSPS) is 20.8. The summed E-state index contributed by atoms with van der Waals surface area (Å²) < 4.78 is 2.39. The van der Waals surface area contributed by atoms with E-state index in [1.165, 1.54) is 37.9 Å². The highest BCUT2D eigenvalue weighted by atomic mass is 127. The lowest BCUT2D eigenvalue weighted by molar-refractivity contribution is 0.293. The number of thioether (sulfide) groups is 1. The Labute approximate surface area is 166 Å². The Hall–Kier alpha value is -0.510.